The lowest BCUT2D eigenvalue weighted by molar-refractivity contribution is 0.312. The Morgan fingerprint density at radius 2 is 1.93 bits per heavy atom. The molecule has 0 unspecified atom stereocenters. The number of rotatable bonds is 3. The molecule has 1 fully saturated rings. The Morgan fingerprint density at radius 3 is 2.40 bits per heavy atom. The van der Waals surface area contributed by atoms with E-state index in [4.69, 9.17) is 0 Å². The fraction of sp³-hybridized carbons (Fsp3) is 0.750. The van der Waals surface area contributed by atoms with Gasteiger partial charge in [-0.3, -0.25) is 4.99 Å². The van der Waals surface area contributed by atoms with Crippen LogP contribution in [0.15, 0.2) is 16.8 Å². The van der Waals surface area contributed by atoms with Gasteiger partial charge in [0.25, 0.3) is 0 Å². The standard InChI is InChI=1S/C10H19N3.C2H6/c1-3-10(9-11-4-2)13-7-5-12-6-8-13;1-2/h3,9,12H,4-8H2,1-2H3;1-2H3/b10-3+,11-9?;. The summed E-state index contributed by atoms with van der Waals surface area (Å²) in [6.45, 7) is 13.3. The van der Waals surface area contributed by atoms with Crippen molar-refractivity contribution in [2.24, 2.45) is 4.99 Å². The molecule has 0 spiro atoms. The van der Waals surface area contributed by atoms with Crippen LogP contribution in [-0.2, 0) is 0 Å². The summed E-state index contributed by atoms with van der Waals surface area (Å²) in [7, 11) is 0. The Morgan fingerprint density at radius 1 is 1.33 bits per heavy atom. The molecule has 0 aliphatic carbocycles. The number of nitrogens with zero attached hydrogens (tertiary/aromatic N) is 2. The molecule has 0 atom stereocenters. The first-order chi connectivity index (χ1) is 7.38. The fourth-order valence-electron chi connectivity index (χ4n) is 1.45. The van der Waals surface area contributed by atoms with Gasteiger partial charge in [0.15, 0.2) is 0 Å². The third kappa shape index (κ3) is 5.57. The van der Waals surface area contributed by atoms with Gasteiger partial charge in [0.05, 0.1) is 5.70 Å². The van der Waals surface area contributed by atoms with Crippen LogP contribution in [-0.4, -0.2) is 43.8 Å². The molecule has 0 radical (unpaired) electrons. The van der Waals surface area contributed by atoms with Gasteiger partial charge in [0.1, 0.15) is 0 Å². The molecule has 1 heterocycles. The number of piperazine rings is 1. The molecule has 88 valence electrons. The molecule has 0 aromatic rings. The summed E-state index contributed by atoms with van der Waals surface area (Å²) in [5, 5.41) is 3.34. The molecule has 1 saturated heterocycles. The molecular formula is C12H25N3. The van der Waals surface area contributed by atoms with Crippen LogP contribution in [0, 0.1) is 0 Å². The molecule has 0 saturated carbocycles. The highest BCUT2D eigenvalue weighted by Crippen LogP contribution is 2.02. The molecule has 3 nitrogen and oxygen atoms in total. The minimum Gasteiger partial charge on any atom is -0.368 e. The molecule has 0 bridgehead atoms. The lowest BCUT2D eigenvalue weighted by Crippen LogP contribution is -2.43. The van der Waals surface area contributed by atoms with Crippen molar-refractivity contribution in [3.05, 3.63) is 11.8 Å². The lowest BCUT2D eigenvalue weighted by Gasteiger charge is -2.29. The van der Waals surface area contributed by atoms with Crippen LogP contribution in [0.1, 0.15) is 27.7 Å². The number of aliphatic imine (C=N–C) groups is 1. The second kappa shape index (κ2) is 9.71. The number of nitrogens with one attached hydrogen (secondary N) is 1. The highest BCUT2D eigenvalue weighted by atomic mass is 15.2. The largest absolute Gasteiger partial charge is 0.368 e. The first-order valence-corrected chi connectivity index (χ1v) is 6.00. The van der Waals surface area contributed by atoms with Crippen molar-refractivity contribution in [2.75, 3.05) is 32.7 Å². The zero-order valence-corrected chi connectivity index (χ0v) is 10.6. The van der Waals surface area contributed by atoms with Gasteiger partial charge in [-0.2, -0.15) is 0 Å². The number of hydrogen-bond acceptors (Lipinski definition) is 3. The lowest BCUT2D eigenvalue weighted by atomic mass is 10.3. The van der Waals surface area contributed by atoms with E-state index in [-0.39, 0.29) is 0 Å². The molecule has 0 aromatic carbocycles. The summed E-state index contributed by atoms with van der Waals surface area (Å²) in [4.78, 5) is 6.63. The molecule has 3 heteroatoms. The van der Waals surface area contributed by atoms with Crippen LogP contribution in [0.4, 0.5) is 0 Å². The van der Waals surface area contributed by atoms with Crippen LogP contribution >= 0.6 is 0 Å². The van der Waals surface area contributed by atoms with E-state index in [9.17, 15) is 0 Å². The van der Waals surface area contributed by atoms with E-state index in [0.29, 0.717) is 0 Å². The summed E-state index contributed by atoms with van der Waals surface area (Å²) >= 11 is 0. The van der Waals surface area contributed by atoms with Crippen molar-refractivity contribution in [1.82, 2.24) is 10.2 Å². The van der Waals surface area contributed by atoms with Crippen molar-refractivity contribution < 1.29 is 0 Å². The summed E-state index contributed by atoms with van der Waals surface area (Å²) in [6, 6.07) is 0. The van der Waals surface area contributed by atoms with E-state index in [1.165, 1.54) is 5.70 Å². The summed E-state index contributed by atoms with van der Waals surface area (Å²) < 4.78 is 0. The van der Waals surface area contributed by atoms with E-state index in [2.05, 4.69) is 35.1 Å². The highest BCUT2D eigenvalue weighted by molar-refractivity contribution is 5.77. The van der Waals surface area contributed by atoms with Crippen molar-refractivity contribution in [1.29, 1.82) is 0 Å². The summed E-state index contributed by atoms with van der Waals surface area (Å²) in [6.07, 6.45) is 4.11. The zero-order valence-electron chi connectivity index (χ0n) is 10.6. The summed E-state index contributed by atoms with van der Waals surface area (Å²) in [5.74, 6) is 0. The minimum absolute atomic E-state index is 0.865. The Hall–Kier alpha value is -0.830. The second-order valence-corrected chi connectivity index (χ2v) is 3.08. The van der Waals surface area contributed by atoms with Gasteiger partial charge in [0, 0.05) is 38.9 Å². The van der Waals surface area contributed by atoms with E-state index >= 15 is 0 Å². The molecule has 1 rings (SSSR count). The highest BCUT2D eigenvalue weighted by Gasteiger charge is 2.09. The first kappa shape index (κ1) is 14.2. The van der Waals surface area contributed by atoms with Crippen LogP contribution < -0.4 is 5.32 Å². The van der Waals surface area contributed by atoms with E-state index in [1.54, 1.807) is 0 Å². The maximum Gasteiger partial charge on any atom is 0.0505 e. The molecule has 15 heavy (non-hydrogen) atoms. The normalized spacial score (nSPS) is 17.6. The second-order valence-electron chi connectivity index (χ2n) is 3.08. The fourth-order valence-corrected chi connectivity index (χ4v) is 1.45. The van der Waals surface area contributed by atoms with Gasteiger partial charge in [-0.1, -0.05) is 19.9 Å². The average Bonchev–Trinajstić information content (AvgIpc) is 2.34. The number of allylic oxidation sites excluding steroid dienone is 2. The maximum atomic E-state index is 4.26. The van der Waals surface area contributed by atoms with Crippen molar-refractivity contribution in [3.63, 3.8) is 0 Å². The zero-order chi connectivity index (χ0) is 11.5. The summed E-state index contributed by atoms with van der Waals surface area (Å²) in [5.41, 5.74) is 1.25. The quantitative estimate of drug-likeness (QED) is 0.722. The van der Waals surface area contributed by atoms with E-state index in [0.717, 1.165) is 32.7 Å². The number of hydrogen-bond donors (Lipinski definition) is 1. The average molecular weight is 211 g/mol. The topological polar surface area (TPSA) is 27.6 Å². The SMILES string of the molecule is C/C=C(\C=NCC)N1CCNCC1.CC. The first-order valence-electron chi connectivity index (χ1n) is 6.00. The predicted octanol–water partition coefficient (Wildman–Crippen LogP) is 1.91. The minimum atomic E-state index is 0.865. The Balaban J connectivity index is 0.000000921. The van der Waals surface area contributed by atoms with E-state index in [1.807, 2.05) is 20.1 Å². The van der Waals surface area contributed by atoms with Crippen molar-refractivity contribution >= 4 is 6.21 Å². The Kier molecular flexibility index (Phi) is 9.18. The molecule has 0 aromatic heterocycles. The van der Waals surface area contributed by atoms with E-state index < -0.39 is 0 Å². The molecule has 0 amide bonds. The van der Waals surface area contributed by atoms with Crippen LogP contribution in [0.25, 0.3) is 0 Å². The third-order valence-electron chi connectivity index (χ3n) is 2.18. The molecular weight excluding hydrogens is 186 g/mol. The maximum absolute atomic E-state index is 4.26. The van der Waals surface area contributed by atoms with Gasteiger partial charge in [0.2, 0.25) is 0 Å². The van der Waals surface area contributed by atoms with Crippen LogP contribution in [0.5, 0.6) is 0 Å². The van der Waals surface area contributed by atoms with Crippen molar-refractivity contribution in [2.45, 2.75) is 27.7 Å². The van der Waals surface area contributed by atoms with Gasteiger partial charge in [-0.15, -0.1) is 0 Å². The predicted molar refractivity (Wildman–Crippen MR) is 68.6 cm³/mol. The van der Waals surface area contributed by atoms with Gasteiger partial charge < -0.3 is 10.2 Å². The van der Waals surface area contributed by atoms with Gasteiger partial charge in [-0.25, -0.2) is 0 Å². The Labute approximate surface area is 94.3 Å². The monoisotopic (exact) mass is 211 g/mol. The Bertz CT molecular complexity index is 191. The molecule has 1 aliphatic heterocycles. The van der Waals surface area contributed by atoms with Gasteiger partial charge in [-0.05, 0) is 13.8 Å². The molecule has 1 N–H and O–H groups in total. The van der Waals surface area contributed by atoms with Gasteiger partial charge >= 0.3 is 0 Å². The molecule has 1 aliphatic rings. The van der Waals surface area contributed by atoms with Crippen LogP contribution in [0.2, 0.25) is 0 Å². The van der Waals surface area contributed by atoms with Crippen molar-refractivity contribution in [3.8, 4) is 0 Å². The smallest absolute Gasteiger partial charge is 0.0505 e. The third-order valence-corrected chi connectivity index (χ3v) is 2.18. The van der Waals surface area contributed by atoms with Crippen LogP contribution in [0.3, 0.4) is 0 Å².